The van der Waals surface area contributed by atoms with E-state index < -0.39 is 0 Å². The molecular formula is C12H16O2S. The van der Waals surface area contributed by atoms with Crippen LogP contribution >= 0.6 is 11.8 Å². The minimum absolute atomic E-state index is 0.252. The van der Waals surface area contributed by atoms with Gasteiger partial charge in [-0.3, -0.25) is 0 Å². The van der Waals surface area contributed by atoms with E-state index >= 15 is 0 Å². The summed E-state index contributed by atoms with van der Waals surface area (Å²) in [6.45, 7) is 4.10. The highest BCUT2D eigenvalue weighted by atomic mass is 32.2. The van der Waals surface area contributed by atoms with Crippen molar-refractivity contribution in [3.8, 4) is 0 Å². The van der Waals surface area contributed by atoms with Crippen molar-refractivity contribution >= 4 is 17.7 Å². The lowest BCUT2D eigenvalue weighted by Gasteiger charge is -2.07. The van der Waals surface area contributed by atoms with Gasteiger partial charge in [-0.2, -0.15) is 0 Å². The van der Waals surface area contributed by atoms with Crippen molar-refractivity contribution in [2.24, 2.45) is 0 Å². The summed E-state index contributed by atoms with van der Waals surface area (Å²) in [5.74, 6) is 0.768. The summed E-state index contributed by atoms with van der Waals surface area (Å²) in [6, 6.07) is 5.89. The van der Waals surface area contributed by atoms with E-state index in [9.17, 15) is 4.79 Å². The SMILES string of the molecule is CCCSc1ccc(C)cc1C(=O)OC. The molecule has 0 saturated heterocycles. The first-order valence-electron chi connectivity index (χ1n) is 5.00. The van der Waals surface area contributed by atoms with E-state index in [-0.39, 0.29) is 5.97 Å². The molecule has 2 nitrogen and oxygen atoms in total. The molecule has 3 heteroatoms. The second-order valence-electron chi connectivity index (χ2n) is 3.34. The van der Waals surface area contributed by atoms with Gasteiger partial charge >= 0.3 is 5.97 Å². The monoisotopic (exact) mass is 224 g/mol. The van der Waals surface area contributed by atoms with Crippen LogP contribution in [0.5, 0.6) is 0 Å². The van der Waals surface area contributed by atoms with Crippen LogP contribution in [-0.2, 0) is 4.74 Å². The van der Waals surface area contributed by atoms with Crippen molar-refractivity contribution in [3.05, 3.63) is 29.3 Å². The first-order chi connectivity index (χ1) is 7.19. The highest BCUT2D eigenvalue weighted by molar-refractivity contribution is 7.99. The minimum atomic E-state index is -0.252. The summed E-state index contributed by atoms with van der Waals surface area (Å²) >= 11 is 1.70. The van der Waals surface area contributed by atoms with Gasteiger partial charge in [-0.25, -0.2) is 4.79 Å². The Morgan fingerprint density at radius 1 is 1.47 bits per heavy atom. The van der Waals surface area contributed by atoms with Crippen LogP contribution in [0.15, 0.2) is 23.1 Å². The topological polar surface area (TPSA) is 26.3 Å². The molecule has 0 aliphatic rings. The maximum Gasteiger partial charge on any atom is 0.339 e. The van der Waals surface area contributed by atoms with E-state index in [2.05, 4.69) is 6.92 Å². The van der Waals surface area contributed by atoms with Gasteiger partial charge in [0.25, 0.3) is 0 Å². The van der Waals surface area contributed by atoms with Gasteiger partial charge in [-0.05, 0) is 31.2 Å². The smallest absolute Gasteiger partial charge is 0.339 e. The summed E-state index contributed by atoms with van der Waals surface area (Å²) in [4.78, 5) is 12.5. The van der Waals surface area contributed by atoms with Crippen molar-refractivity contribution in [1.82, 2.24) is 0 Å². The number of carbonyl (C=O) groups excluding carboxylic acids is 1. The van der Waals surface area contributed by atoms with Crippen LogP contribution in [0, 0.1) is 6.92 Å². The van der Waals surface area contributed by atoms with E-state index in [1.54, 1.807) is 11.8 Å². The number of esters is 1. The molecule has 0 atom stereocenters. The van der Waals surface area contributed by atoms with Crippen LogP contribution in [0.4, 0.5) is 0 Å². The predicted molar refractivity (Wildman–Crippen MR) is 63.5 cm³/mol. The molecule has 0 radical (unpaired) electrons. The summed E-state index contributed by atoms with van der Waals surface area (Å²) in [5.41, 5.74) is 1.76. The zero-order chi connectivity index (χ0) is 11.3. The Morgan fingerprint density at radius 2 is 2.20 bits per heavy atom. The van der Waals surface area contributed by atoms with Crippen LogP contribution in [0.2, 0.25) is 0 Å². The highest BCUT2D eigenvalue weighted by Crippen LogP contribution is 2.25. The average Bonchev–Trinajstić information content (AvgIpc) is 2.26. The standard InChI is InChI=1S/C12H16O2S/c1-4-7-15-11-6-5-9(2)8-10(11)12(13)14-3/h5-6,8H,4,7H2,1-3H3. The fourth-order valence-corrected chi connectivity index (χ4v) is 2.14. The number of ether oxygens (including phenoxy) is 1. The van der Waals surface area contributed by atoms with Crippen LogP contribution in [-0.4, -0.2) is 18.8 Å². The van der Waals surface area contributed by atoms with E-state index in [0.29, 0.717) is 5.56 Å². The maximum atomic E-state index is 11.5. The molecule has 1 aromatic rings. The molecule has 1 aromatic carbocycles. The molecular weight excluding hydrogens is 208 g/mol. The Kier molecular flexibility index (Phi) is 4.69. The van der Waals surface area contributed by atoms with E-state index in [1.165, 1.54) is 7.11 Å². The Bertz CT molecular complexity index is 347. The molecule has 0 heterocycles. The summed E-state index contributed by atoms with van der Waals surface area (Å²) in [5, 5.41) is 0. The zero-order valence-corrected chi connectivity index (χ0v) is 10.2. The zero-order valence-electron chi connectivity index (χ0n) is 9.37. The molecule has 0 amide bonds. The molecule has 0 N–H and O–H groups in total. The van der Waals surface area contributed by atoms with Gasteiger partial charge in [0.1, 0.15) is 0 Å². The molecule has 0 bridgehead atoms. The molecule has 0 saturated carbocycles. The summed E-state index contributed by atoms with van der Waals surface area (Å²) < 4.78 is 4.76. The fourth-order valence-electron chi connectivity index (χ4n) is 1.25. The first-order valence-corrected chi connectivity index (χ1v) is 5.99. The number of hydrogen-bond acceptors (Lipinski definition) is 3. The van der Waals surface area contributed by atoms with Gasteiger partial charge in [0, 0.05) is 4.90 Å². The Morgan fingerprint density at radius 3 is 2.80 bits per heavy atom. The maximum absolute atomic E-state index is 11.5. The number of methoxy groups -OCH3 is 1. The number of carbonyl (C=O) groups is 1. The van der Waals surface area contributed by atoms with E-state index in [1.807, 2.05) is 25.1 Å². The number of thioether (sulfide) groups is 1. The number of hydrogen-bond donors (Lipinski definition) is 0. The Labute approximate surface area is 95.0 Å². The highest BCUT2D eigenvalue weighted by Gasteiger charge is 2.11. The second kappa shape index (κ2) is 5.81. The number of benzene rings is 1. The normalized spacial score (nSPS) is 10.1. The van der Waals surface area contributed by atoms with Crippen molar-refractivity contribution < 1.29 is 9.53 Å². The lowest BCUT2D eigenvalue weighted by Crippen LogP contribution is -2.03. The number of rotatable bonds is 4. The molecule has 0 unspecified atom stereocenters. The summed E-state index contributed by atoms with van der Waals surface area (Å²) in [7, 11) is 1.42. The molecule has 0 fully saturated rings. The predicted octanol–water partition coefficient (Wildman–Crippen LogP) is 3.28. The van der Waals surface area contributed by atoms with Gasteiger partial charge < -0.3 is 4.74 Å². The van der Waals surface area contributed by atoms with Gasteiger partial charge in [-0.15, -0.1) is 11.8 Å². The molecule has 1 rings (SSSR count). The van der Waals surface area contributed by atoms with Crippen molar-refractivity contribution in [2.45, 2.75) is 25.2 Å². The molecule has 0 spiro atoms. The second-order valence-corrected chi connectivity index (χ2v) is 4.48. The lowest BCUT2D eigenvalue weighted by molar-refractivity contribution is 0.0596. The van der Waals surface area contributed by atoms with Crippen molar-refractivity contribution in [1.29, 1.82) is 0 Å². The third-order valence-corrected chi connectivity index (χ3v) is 3.28. The van der Waals surface area contributed by atoms with Gasteiger partial charge in [0.15, 0.2) is 0 Å². The number of aryl methyl sites for hydroxylation is 1. The van der Waals surface area contributed by atoms with E-state index in [4.69, 9.17) is 4.74 Å². The molecule has 0 aliphatic carbocycles. The van der Waals surface area contributed by atoms with Crippen LogP contribution < -0.4 is 0 Å². The third-order valence-electron chi connectivity index (χ3n) is 2.00. The van der Waals surface area contributed by atoms with Crippen molar-refractivity contribution in [2.75, 3.05) is 12.9 Å². The Balaban J connectivity index is 2.97. The van der Waals surface area contributed by atoms with E-state index in [0.717, 1.165) is 22.6 Å². The average molecular weight is 224 g/mol. The molecule has 0 aromatic heterocycles. The van der Waals surface area contributed by atoms with Gasteiger partial charge in [0.2, 0.25) is 0 Å². The van der Waals surface area contributed by atoms with Crippen molar-refractivity contribution in [3.63, 3.8) is 0 Å². The minimum Gasteiger partial charge on any atom is -0.465 e. The quantitative estimate of drug-likeness (QED) is 0.580. The lowest BCUT2D eigenvalue weighted by atomic mass is 10.1. The third kappa shape index (κ3) is 3.27. The molecule has 15 heavy (non-hydrogen) atoms. The van der Waals surface area contributed by atoms with Gasteiger partial charge in [0.05, 0.1) is 12.7 Å². The Hall–Kier alpha value is -0.960. The van der Waals surface area contributed by atoms with Gasteiger partial charge in [-0.1, -0.05) is 18.6 Å². The molecule has 82 valence electrons. The fraction of sp³-hybridized carbons (Fsp3) is 0.417. The first kappa shape index (κ1) is 12.1. The summed E-state index contributed by atoms with van der Waals surface area (Å²) in [6.07, 6.45) is 1.10. The largest absolute Gasteiger partial charge is 0.465 e. The van der Waals surface area contributed by atoms with Crippen LogP contribution in [0.1, 0.15) is 29.3 Å². The van der Waals surface area contributed by atoms with Crippen LogP contribution in [0.3, 0.4) is 0 Å². The van der Waals surface area contributed by atoms with Crippen LogP contribution in [0.25, 0.3) is 0 Å². The molecule has 0 aliphatic heterocycles.